The Morgan fingerprint density at radius 3 is 2.53 bits per heavy atom. The normalized spacial score (nSPS) is 11.6. The zero-order chi connectivity index (χ0) is 10.7. The molecule has 0 aliphatic heterocycles. The van der Waals surface area contributed by atoms with E-state index in [9.17, 15) is 0 Å². The lowest BCUT2D eigenvalue weighted by atomic mass is 10.1. The monoisotopic (exact) mass is 204 g/mol. The largest absolute Gasteiger partial charge is 0.410 e. The summed E-state index contributed by atoms with van der Waals surface area (Å²) in [7, 11) is 0. The molecule has 2 aromatic rings. The average Bonchev–Trinajstić information content (AvgIpc) is 2.68. The molecule has 3 N–H and O–H groups in total. The van der Waals surface area contributed by atoms with Crippen molar-refractivity contribution >= 4 is 11.5 Å². The highest BCUT2D eigenvalue weighted by Crippen LogP contribution is 2.12. The number of nitrogen functional groups attached to an aromatic ring is 1. The van der Waals surface area contributed by atoms with Crippen LogP contribution in [0, 0.1) is 0 Å². The summed E-state index contributed by atoms with van der Waals surface area (Å²) >= 11 is 0. The molecule has 6 heteroatoms. The third kappa shape index (κ3) is 1.64. The van der Waals surface area contributed by atoms with Gasteiger partial charge in [-0.05, 0) is 10.3 Å². The molecular weight excluding hydrogens is 196 g/mol. The Labute approximate surface area is 85.0 Å². The number of benzene rings is 1. The fourth-order valence-electron chi connectivity index (χ4n) is 1.20. The fraction of sp³-hybridized carbons (Fsp3) is 0. The second kappa shape index (κ2) is 3.79. The number of oxime groups is 1. The van der Waals surface area contributed by atoms with Gasteiger partial charge in [0.15, 0.2) is 11.5 Å². The molecule has 0 aliphatic rings. The molecule has 0 unspecified atom stereocenters. The van der Waals surface area contributed by atoms with E-state index in [4.69, 9.17) is 10.9 Å². The molecule has 1 heterocycles. The minimum absolute atomic E-state index is 0.0895. The molecule has 1 aromatic heterocycles. The van der Waals surface area contributed by atoms with Gasteiger partial charge in [-0.1, -0.05) is 35.5 Å². The highest BCUT2D eigenvalue weighted by Gasteiger charge is 2.16. The summed E-state index contributed by atoms with van der Waals surface area (Å²) in [6, 6.07) is 9.00. The maximum atomic E-state index is 8.90. The van der Waals surface area contributed by atoms with Gasteiger partial charge in [0.1, 0.15) is 5.71 Å². The van der Waals surface area contributed by atoms with Crippen LogP contribution in [0.2, 0.25) is 0 Å². The van der Waals surface area contributed by atoms with Crippen molar-refractivity contribution in [3.63, 3.8) is 0 Å². The van der Waals surface area contributed by atoms with Crippen molar-refractivity contribution in [2.45, 2.75) is 0 Å². The van der Waals surface area contributed by atoms with Gasteiger partial charge in [0, 0.05) is 5.56 Å². The summed E-state index contributed by atoms with van der Waals surface area (Å²) in [6.07, 6.45) is 0. The summed E-state index contributed by atoms with van der Waals surface area (Å²) < 4.78 is 4.43. The maximum absolute atomic E-state index is 8.90. The number of rotatable bonds is 2. The molecule has 0 spiro atoms. The first kappa shape index (κ1) is 9.20. The molecule has 0 amide bonds. The Bertz CT molecular complexity index is 478. The average molecular weight is 204 g/mol. The Kier molecular flexibility index (Phi) is 2.32. The Balaban J connectivity index is 2.48. The molecule has 0 fully saturated rings. The van der Waals surface area contributed by atoms with Crippen LogP contribution in [0.25, 0.3) is 0 Å². The molecule has 0 aliphatic carbocycles. The molecular formula is C9H8N4O2. The number of hydrogen-bond donors (Lipinski definition) is 2. The van der Waals surface area contributed by atoms with E-state index < -0.39 is 0 Å². The maximum Gasteiger partial charge on any atom is 0.198 e. The Morgan fingerprint density at radius 1 is 1.27 bits per heavy atom. The number of aromatic nitrogens is 2. The Morgan fingerprint density at radius 2 is 2.00 bits per heavy atom. The van der Waals surface area contributed by atoms with Gasteiger partial charge in [-0.2, -0.15) is 0 Å². The predicted octanol–water partition coefficient (Wildman–Crippen LogP) is 0.878. The number of nitrogens with zero attached hydrogens (tertiary/aromatic N) is 3. The molecule has 15 heavy (non-hydrogen) atoms. The number of anilines is 1. The van der Waals surface area contributed by atoms with Gasteiger partial charge in [0.25, 0.3) is 0 Å². The van der Waals surface area contributed by atoms with Crippen molar-refractivity contribution < 1.29 is 9.84 Å². The van der Waals surface area contributed by atoms with Crippen molar-refractivity contribution in [1.82, 2.24) is 10.3 Å². The van der Waals surface area contributed by atoms with Gasteiger partial charge < -0.3 is 10.9 Å². The molecule has 0 bridgehead atoms. The van der Waals surface area contributed by atoms with Crippen LogP contribution < -0.4 is 5.73 Å². The third-order valence-electron chi connectivity index (χ3n) is 1.89. The van der Waals surface area contributed by atoms with Crippen LogP contribution in [0.5, 0.6) is 0 Å². The summed E-state index contributed by atoms with van der Waals surface area (Å²) in [6.45, 7) is 0. The van der Waals surface area contributed by atoms with E-state index in [1.807, 2.05) is 18.2 Å². The quantitative estimate of drug-likeness (QED) is 0.430. The van der Waals surface area contributed by atoms with E-state index >= 15 is 0 Å². The van der Waals surface area contributed by atoms with Crippen molar-refractivity contribution in [3.8, 4) is 0 Å². The van der Waals surface area contributed by atoms with E-state index in [0.29, 0.717) is 5.56 Å². The molecule has 2 rings (SSSR count). The molecule has 76 valence electrons. The number of hydrogen-bond acceptors (Lipinski definition) is 6. The lowest BCUT2D eigenvalue weighted by Gasteiger charge is -1.99. The minimum Gasteiger partial charge on any atom is -0.410 e. The zero-order valence-corrected chi connectivity index (χ0v) is 7.66. The fourth-order valence-corrected chi connectivity index (χ4v) is 1.20. The first-order chi connectivity index (χ1) is 7.33. The van der Waals surface area contributed by atoms with E-state index in [1.165, 1.54) is 0 Å². The molecule has 0 atom stereocenters. The van der Waals surface area contributed by atoms with Crippen molar-refractivity contribution in [2.24, 2.45) is 5.16 Å². The van der Waals surface area contributed by atoms with Crippen molar-refractivity contribution in [3.05, 3.63) is 41.6 Å². The lowest BCUT2D eigenvalue weighted by molar-refractivity contribution is 0.305. The molecule has 0 saturated heterocycles. The molecule has 6 nitrogen and oxygen atoms in total. The second-order valence-electron chi connectivity index (χ2n) is 2.81. The predicted molar refractivity (Wildman–Crippen MR) is 52.6 cm³/mol. The molecule has 1 aromatic carbocycles. The Hall–Kier alpha value is -2.37. The summed E-state index contributed by atoms with van der Waals surface area (Å²) in [5.74, 6) is 0.0895. The van der Waals surface area contributed by atoms with Crippen molar-refractivity contribution in [1.29, 1.82) is 0 Å². The van der Waals surface area contributed by atoms with E-state index in [2.05, 4.69) is 20.1 Å². The smallest absolute Gasteiger partial charge is 0.198 e. The highest BCUT2D eigenvalue weighted by molar-refractivity contribution is 6.13. The van der Waals surface area contributed by atoms with Gasteiger partial charge in [0.05, 0.1) is 0 Å². The standard InChI is InChI=1S/C9H8N4O2/c10-9-8(12-15-13-9)7(11-14)6-4-2-1-3-5-6/h1-5,14H,(H2,10,13)/b11-7-. The van der Waals surface area contributed by atoms with Crippen LogP contribution in [-0.4, -0.2) is 21.2 Å². The molecule has 0 saturated carbocycles. The first-order valence-electron chi connectivity index (χ1n) is 4.19. The van der Waals surface area contributed by atoms with Gasteiger partial charge >= 0.3 is 0 Å². The summed E-state index contributed by atoms with van der Waals surface area (Å²) in [5, 5.41) is 19.0. The van der Waals surface area contributed by atoms with Gasteiger partial charge in [-0.25, -0.2) is 4.63 Å². The summed E-state index contributed by atoms with van der Waals surface area (Å²) in [4.78, 5) is 0. The topological polar surface area (TPSA) is 97.5 Å². The van der Waals surface area contributed by atoms with Crippen LogP contribution in [0.3, 0.4) is 0 Å². The third-order valence-corrected chi connectivity index (χ3v) is 1.89. The van der Waals surface area contributed by atoms with Gasteiger partial charge in [-0.3, -0.25) is 0 Å². The van der Waals surface area contributed by atoms with E-state index in [0.717, 1.165) is 0 Å². The van der Waals surface area contributed by atoms with Crippen LogP contribution in [0.15, 0.2) is 40.1 Å². The van der Waals surface area contributed by atoms with Gasteiger partial charge in [0.2, 0.25) is 0 Å². The van der Waals surface area contributed by atoms with Crippen LogP contribution in [0.4, 0.5) is 5.82 Å². The first-order valence-corrected chi connectivity index (χ1v) is 4.19. The van der Waals surface area contributed by atoms with Gasteiger partial charge in [-0.15, -0.1) is 0 Å². The second-order valence-corrected chi connectivity index (χ2v) is 2.81. The lowest BCUT2D eigenvalue weighted by Crippen LogP contribution is -2.06. The summed E-state index contributed by atoms with van der Waals surface area (Å²) in [5.41, 5.74) is 6.63. The number of nitrogens with two attached hydrogens (primary N) is 1. The van der Waals surface area contributed by atoms with Crippen LogP contribution >= 0.6 is 0 Å². The van der Waals surface area contributed by atoms with E-state index in [-0.39, 0.29) is 17.2 Å². The minimum atomic E-state index is 0.0895. The van der Waals surface area contributed by atoms with Crippen molar-refractivity contribution in [2.75, 3.05) is 5.73 Å². The van der Waals surface area contributed by atoms with Crippen LogP contribution in [-0.2, 0) is 0 Å². The molecule has 0 radical (unpaired) electrons. The SMILES string of the molecule is Nc1nonc1/C(=N\O)c1ccccc1. The highest BCUT2D eigenvalue weighted by atomic mass is 16.6. The zero-order valence-electron chi connectivity index (χ0n) is 7.66. The van der Waals surface area contributed by atoms with Crippen LogP contribution in [0.1, 0.15) is 11.3 Å². The van der Waals surface area contributed by atoms with E-state index in [1.54, 1.807) is 12.1 Å².